The summed E-state index contributed by atoms with van der Waals surface area (Å²) in [7, 11) is 0. The predicted octanol–water partition coefficient (Wildman–Crippen LogP) is 2.39. The van der Waals surface area contributed by atoms with Crippen molar-refractivity contribution >= 4 is 11.9 Å². The van der Waals surface area contributed by atoms with Crippen molar-refractivity contribution in [1.29, 1.82) is 0 Å². The Morgan fingerprint density at radius 2 is 2.12 bits per heavy atom. The summed E-state index contributed by atoms with van der Waals surface area (Å²) in [5.74, 6) is -1.36. The third kappa shape index (κ3) is 1.85. The predicted molar refractivity (Wildman–Crippen MR) is 88.5 cm³/mol. The molecule has 1 spiro atoms. The van der Waals surface area contributed by atoms with E-state index in [2.05, 4.69) is 6.92 Å². The first-order valence-electron chi connectivity index (χ1n) is 9.21. The summed E-state index contributed by atoms with van der Waals surface area (Å²) in [6.45, 7) is 2.34. The molecule has 138 valence electrons. The second-order valence-electron chi connectivity index (χ2n) is 8.41. The number of aliphatic hydroxyl groups excluding tert-OH is 1. The third-order valence-electron chi connectivity index (χ3n) is 7.40. The molecule has 2 saturated heterocycles. The molecule has 6 nitrogen and oxygen atoms in total. The van der Waals surface area contributed by atoms with Crippen LogP contribution in [0, 0.1) is 28.6 Å². The standard InChI is InChI=1S/C20H22O6/c1-19-8-14(11-5-6-24-9-11)26-18(23)13(19)7-16(21)20-10-25-17(22)12(20)3-2-4-15(19)20/h2-3,5-6,9,12-16,21H,4,7-8,10H2,1H3/t12-,13+,14+,15+,16+,19-,20-/m0/s1. The Kier molecular flexibility index (Phi) is 3.24. The molecular weight excluding hydrogens is 336 g/mol. The number of carbonyl (C=O) groups is 2. The molecule has 1 saturated carbocycles. The topological polar surface area (TPSA) is 86.0 Å². The van der Waals surface area contributed by atoms with Gasteiger partial charge in [-0.15, -0.1) is 0 Å². The minimum atomic E-state index is -0.759. The molecule has 5 rings (SSSR count). The monoisotopic (exact) mass is 358 g/mol. The van der Waals surface area contributed by atoms with E-state index in [1.165, 1.54) is 0 Å². The quantitative estimate of drug-likeness (QED) is 0.613. The van der Waals surface area contributed by atoms with Crippen LogP contribution in [-0.4, -0.2) is 29.8 Å². The molecule has 0 radical (unpaired) electrons. The largest absolute Gasteiger partial charge is 0.472 e. The van der Waals surface area contributed by atoms with E-state index in [1.807, 2.05) is 18.2 Å². The normalized spacial score (nSPS) is 46.8. The van der Waals surface area contributed by atoms with Crippen LogP contribution in [0.3, 0.4) is 0 Å². The molecule has 7 atom stereocenters. The summed E-state index contributed by atoms with van der Waals surface area (Å²) >= 11 is 0. The Morgan fingerprint density at radius 1 is 1.27 bits per heavy atom. The van der Waals surface area contributed by atoms with Crippen LogP contribution in [-0.2, 0) is 19.1 Å². The van der Waals surface area contributed by atoms with Crippen LogP contribution in [0.15, 0.2) is 35.2 Å². The molecule has 26 heavy (non-hydrogen) atoms. The van der Waals surface area contributed by atoms with E-state index in [9.17, 15) is 14.7 Å². The number of fused-ring (bicyclic) bond motifs is 2. The van der Waals surface area contributed by atoms with Crippen LogP contribution < -0.4 is 0 Å². The van der Waals surface area contributed by atoms with Gasteiger partial charge in [0.2, 0.25) is 0 Å². The Hall–Kier alpha value is -2.08. The van der Waals surface area contributed by atoms with E-state index in [1.54, 1.807) is 12.5 Å². The van der Waals surface area contributed by atoms with Gasteiger partial charge in [0.25, 0.3) is 0 Å². The van der Waals surface area contributed by atoms with E-state index >= 15 is 0 Å². The van der Waals surface area contributed by atoms with Gasteiger partial charge in [0.1, 0.15) is 12.7 Å². The summed E-state index contributed by atoms with van der Waals surface area (Å²) in [6, 6.07) is 1.82. The lowest BCUT2D eigenvalue weighted by atomic mass is 9.44. The molecule has 4 aliphatic rings. The number of aliphatic hydroxyl groups is 1. The fourth-order valence-electron chi connectivity index (χ4n) is 6.07. The molecule has 3 heterocycles. The van der Waals surface area contributed by atoms with Crippen molar-refractivity contribution in [3.63, 3.8) is 0 Å². The minimum absolute atomic E-state index is 0.0209. The van der Waals surface area contributed by atoms with Gasteiger partial charge in [-0.2, -0.15) is 0 Å². The molecular formula is C20H22O6. The molecule has 0 amide bonds. The Bertz CT molecular complexity index is 782. The number of esters is 2. The van der Waals surface area contributed by atoms with Crippen molar-refractivity contribution in [3.8, 4) is 0 Å². The highest BCUT2D eigenvalue weighted by Crippen LogP contribution is 2.66. The zero-order valence-corrected chi connectivity index (χ0v) is 14.6. The number of hydrogen-bond donors (Lipinski definition) is 1. The summed E-state index contributed by atoms with van der Waals surface area (Å²) in [5, 5.41) is 11.0. The van der Waals surface area contributed by atoms with Crippen molar-refractivity contribution in [1.82, 2.24) is 0 Å². The van der Waals surface area contributed by atoms with Crippen LogP contribution in [0.2, 0.25) is 0 Å². The highest BCUT2D eigenvalue weighted by Gasteiger charge is 2.69. The molecule has 0 aromatic carbocycles. The van der Waals surface area contributed by atoms with Crippen molar-refractivity contribution in [3.05, 3.63) is 36.3 Å². The SMILES string of the molecule is C[C@]12C[C@H](c3ccoc3)OC(=O)[C@H]1C[C@@H](O)[C@@]13COC(=O)[C@@H]1C=CC[C@H]23. The van der Waals surface area contributed by atoms with Crippen LogP contribution in [0.1, 0.15) is 37.9 Å². The maximum absolute atomic E-state index is 12.8. The lowest BCUT2D eigenvalue weighted by Gasteiger charge is -2.60. The highest BCUT2D eigenvalue weighted by atomic mass is 16.6. The van der Waals surface area contributed by atoms with Gasteiger partial charge in [-0.25, -0.2) is 0 Å². The Labute approximate surface area is 151 Å². The van der Waals surface area contributed by atoms with Crippen molar-refractivity contribution < 1.29 is 28.6 Å². The average molecular weight is 358 g/mol. The van der Waals surface area contributed by atoms with Gasteiger partial charge in [0.05, 0.1) is 35.9 Å². The van der Waals surface area contributed by atoms with Crippen molar-refractivity contribution in [2.24, 2.45) is 28.6 Å². The van der Waals surface area contributed by atoms with E-state index in [-0.39, 0.29) is 41.9 Å². The van der Waals surface area contributed by atoms with Gasteiger partial charge in [0.15, 0.2) is 0 Å². The van der Waals surface area contributed by atoms with E-state index < -0.39 is 17.4 Å². The molecule has 2 aliphatic carbocycles. The maximum atomic E-state index is 12.8. The minimum Gasteiger partial charge on any atom is -0.472 e. The van der Waals surface area contributed by atoms with Crippen LogP contribution in [0.4, 0.5) is 0 Å². The fourth-order valence-corrected chi connectivity index (χ4v) is 6.07. The lowest BCUT2D eigenvalue weighted by Crippen LogP contribution is -2.63. The van der Waals surface area contributed by atoms with Gasteiger partial charge < -0.3 is 19.0 Å². The first-order chi connectivity index (χ1) is 12.5. The summed E-state index contributed by atoms with van der Waals surface area (Å²) < 4.78 is 16.3. The summed E-state index contributed by atoms with van der Waals surface area (Å²) in [5.41, 5.74) is -0.178. The highest BCUT2D eigenvalue weighted by molar-refractivity contribution is 5.79. The van der Waals surface area contributed by atoms with Gasteiger partial charge in [-0.1, -0.05) is 19.1 Å². The number of hydrogen-bond acceptors (Lipinski definition) is 6. The van der Waals surface area contributed by atoms with Crippen LogP contribution in [0.5, 0.6) is 0 Å². The maximum Gasteiger partial charge on any atom is 0.313 e. The van der Waals surface area contributed by atoms with Gasteiger partial charge >= 0.3 is 11.9 Å². The van der Waals surface area contributed by atoms with E-state index in [4.69, 9.17) is 13.9 Å². The lowest BCUT2D eigenvalue weighted by molar-refractivity contribution is -0.215. The second kappa shape index (κ2) is 5.22. The summed E-state index contributed by atoms with van der Waals surface area (Å²) in [4.78, 5) is 25.1. The average Bonchev–Trinajstić information content (AvgIpc) is 3.26. The molecule has 0 unspecified atom stereocenters. The molecule has 3 fully saturated rings. The number of ether oxygens (including phenoxy) is 2. The molecule has 2 aliphatic heterocycles. The fraction of sp³-hybridized carbons (Fsp3) is 0.600. The number of cyclic esters (lactones) is 2. The molecule has 1 aromatic heterocycles. The Morgan fingerprint density at radius 3 is 2.88 bits per heavy atom. The smallest absolute Gasteiger partial charge is 0.313 e. The number of rotatable bonds is 1. The van der Waals surface area contributed by atoms with E-state index in [0.717, 1.165) is 12.0 Å². The molecule has 6 heteroatoms. The zero-order valence-electron chi connectivity index (χ0n) is 14.6. The van der Waals surface area contributed by atoms with Crippen LogP contribution >= 0.6 is 0 Å². The number of carbonyl (C=O) groups excluding carboxylic acids is 2. The van der Waals surface area contributed by atoms with Crippen molar-refractivity contribution in [2.45, 2.75) is 38.4 Å². The van der Waals surface area contributed by atoms with E-state index in [0.29, 0.717) is 12.8 Å². The first kappa shape index (κ1) is 16.1. The molecule has 1 N–H and O–H groups in total. The third-order valence-corrected chi connectivity index (χ3v) is 7.40. The summed E-state index contributed by atoms with van der Waals surface area (Å²) in [6.07, 6.45) is 7.64. The van der Waals surface area contributed by atoms with Gasteiger partial charge in [-0.05, 0) is 36.7 Å². The van der Waals surface area contributed by atoms with Crippen LogP contribution in [0.25, 0.3) is 0 Å². The van der Waals surface area contributed by atoms with Gasteiger partial charge in [0, 0.05) is 5.56 Å². The van der Waals surface area contributed by atoms with Gasteiger partial charge in [-0.3, -0.25) is 9.59 Å². The zero-order chi connectivity index (χ0) is 18.1. The number of allylic oxidation sites excluding steroid dienone is 1. The molecule has 1 aromatic rings. The Balaban J connectivity index is 1.60. The number of furan rings is 1. The van der Waals surface area contributed by atoms with Crippen molar-refractivity contribution in [2.75, 3.05) is 6.61 Å². The second-order valence-corrected chi connectivity index (χ2v) is 8.41. The molecule has 0 bridgehead atoms. The first-order valence-corrected chi connectivity index (χ1v) is 9.21.